The molecule has 8 atom stereocenters. The van der Waals surface area contributed by atoms with Crippen LogP contribution in [0.15, 0.2) is 84.9 Å². The van der Waals surface area contributed by atoms with Gasteiger partial charge in [-0.05, 0) is 155 Å². The van der Waals surface area contributed by atoms with Crippen molar-refractivity contribution in [3.05, 3.63) is 96.1 Å². The van der Waals surface area contributed by atoms with Crippen LogP contribution < -0.4 is 26.7 Å². The van der Waals surface area contributed by atoms with E-state index >= 15 is 0 Å². The molecule has 5 aliphatic rings. The molecule has 23 nitrogen and oxygen atoms in total. The molecule has 5 heterocycles. The third kappa shape index (κ3) is 29.8. The van der Waals surface area contributed by atoms with Crippen molar-refractivity contribution in [2.45, 2.75) is 216 Å². The van der Waals surface area contributed by atoms with Gasteiger partial charge in [-0.15, -0.1) is 0 Å². The highest BCUT2D eigenvalue weighted by atomic mass is 17.1. The Morgan fingerprint density at radius 1 is 0.681 bits per heavy atom. The first kappa shape index (κ1) is 81.9. The number of esters is 4. The van der Waals surface area contributed by atoms with Crippen molar-refractivity contribution in [3.63, 3.8) is 0 Å². The van der Waals surface area contributed by atoms with E-state index < -0.39 is 35.6 Å². The predicted molar refractivity (Wildman–Crippen MR) is 352 cm³/mol. The van der Waals surface area contributed by atoms with Gasteiger partial charge in [-0.25, -0.2) is 34.5 Å². The topological polar surface area (TPSA) is 301 Å². The Hall–Kier alpha value is -7.15. The molecule has 0 aliphatic carbocycles. The molecule has 0 radical (unpaired) electrons. The highest BCUT2D eigenvalue weighted by Crippen LogP contribution is 2.34. The summed E-state index contributed by atoms with van der Waals surface area (Å²) in [6.45, 7) is 37.2. The molecule has 0 bridgehead atoms. The van der Waals surface area contributed by atoms with Crippen LogP contribution in [0.2, 0.25) is 0 Å². The molecule has 0 spiro atoms. The Kier molecular flexibility index (Phi) is 37.9. The number of piperidine rings is 1. The van der Waals surface area contributed by atoms with Crippen LogP contribution in [0, 0.1) is 17.3 Å². The number of carbonyl (C=O) groups is 9. The minimum Gasteiger partial charge on any atom is -0.480 e. The lowest BCUT2D eigenvalue weighted by molar-refractivity contribution is -0.321. The second kappa shape index (κ2) is 42.1. The van der Waals surface area contributed by atoms with Gasteiger partial charge in [-0.2, -0.15) is 0 Å². The minimum atomic E-state index is -0.814. The van der Waals surface area contributed by atoms with Crippen molar-refractivity contribution in [2.75, 3.05) is 43.5 Å². The maximum absolute atomic E-state index is 12.6. The number of rotatable bonds is 13. The van der Waals surface area contributed by atoms with E-state index in [2.05, 4.69) is 62.4 Å². The van der Waals surface area contributed by atoms with Gasteiger partial charge >= 0.3 is 29.8 Å². The summed E-state index contributed by atoms with van der Waals surface area (Å²) in [6, 6.07) is 25.6. The zero-order valence-corrected chi connectivity index (χ0v) is 56.8. The summed E-state index contributed by atoms with van der Waals surface area (Å²) in [7, 11) is 0. The van der Waals surface area contributed by atoms with E-state index in [-0.39, 0.29) is 64.8 Å². The summed E-state index contributed by atoms with van der Waals surface area (Å²) in [5.41, 5.74) is 4.68. The van der Waals surface area contributed by atoms with Gasteiger partial charge in [0.1, 0.15) is 49.0 Å². The van der Waals surface area contributed by atoms with Crippen LogP contribution in [0.4, 0.5) is 11.4 Å². The molecule has 2 amide bonds. The molecule has 91 heavy (non-hydrogen) atoms. The number of nitrogens with one attached hydrogen (secondary N) is 5. The lowest BCUT2D eigenvalue weighted by Gasteiger charge is -2.48. The first-order valence-electron chi connectivity index (χ1n) is 31.6. The number of nitrogens with zero attached hydrogens (tertiary/aromatic N) is 3. The number of para-hydroxylation sites is 2. The van der Waals surface area contributed by atoms with Crippen LogP contribution in [0.5, 0.6) is 0 Å². The van der Waals surface area contributed by atoms with E-state index in [9.17, 15) is 38.8 Å². The zero-order chi connectivity index (χ0) is 69.1. The molecule has 7 N–H and O–H groups in total. The summed E-state index contributed by atoms with van der Waals surface area (Å²) in [5, 5.41) is 36.3. The monoisotopic (exact) mass is 1280 g/mol. The number of aliphatic carboxylic acids is 1. The van der Waals surface area contributed by atoms with Crippen LogP contribution in [0.25, 0.3) is 0 Å². The van der Waals surface area contributed by atoms with E-state index in [1.807, 2.05) is 157 Å². The number of carbonyl (C=O) groups excluding carboxylic acids is 8. The molecular formula is C68H108N8O15. The largest absolute Gasteiger partial charge is 0.480 e. The van der Waals surface area contributed by atoms with Crippen LogP contribution in [0.3, 0.4) is 0 Å². The molecule has 1 unspecified atom stereocenters. The Labute approximate surface area is 540 Å². The Morgan fingerprint density at radius 2 is 1.21 bits per heavy atom. The number of carboxylic acids is 1. The number of fused-ring (bicyclic) bond motifs is 2. The fourth-order valence-electron chi connectivity index (χ4n) is 9.61. The average molecular weight is 1280 g/mol. The standard InChI is InChI=1S/C14H27N3O3.C14H26N2O3.C10H19NO2.C10H13NO2.C10H15N.C8H4O3.2CH2O/c1-10-8-15-9-16-7-5-6-11(17(16)13(10)18)12(20-19)14(2,3)4;1-6-10(2)12(17)16-11(8-7-9-15-16)13(18)19-14(3,4)5;1-10(2,3)13-9(12)8-6-4-5-7-11-8;1-2-9(10(12)13)11-8-6-4-3-5-7-8;1-3-9(2)11-10-7-5-4-6-8-10;9-7-5-3-1-2-4-6(5)8(10)11-7;2*1-2/h10-12,15,19H,5-9H2,1-4H3;10-11,15H,6-9H2,1-5H3;8,11H,4-7H2,1-3H3;3-7,9,11H,2H2,1H3,(H,12,13);4-9,11H,3H2,1-2H3;1-4H;2*1H2/t10-,11?,12-;10-,11-;8-;2*9-;;;/m00001.../s1. The summed E-state index contributed by atoms with van der Waals surface area (Å²) in [6.07, 6.45) is 8.69. The van der Waals surface area contributed by atoms with Crippen molar-refractivity contribution in [2.24, 2.45) is 17.3 Å². The molecule has 510 valence electrons. The SMILES string of the molecule is C=O.C=O.CC(C)(C)OC(=O)[C@@H]1CCCCN1.CC[C@@H](C)Nc1ccccc1.CC[C@H](C)C(=O)N1NCCC[C@H]1C(=O)OC(C)(C)C.CC[C@H](Nc1ccccc1)C(=O)O.C[C@H]1CNCN2CCCC([C@H](OO)C(C)(C)C)N2C1=O.O=C1OC(=O)c2ccccc21. The fourth-order valence-corrected chi connectivity index (χ4v) is 9.61. The molecule has 23 heteroatoms. The van der Waals surface area contributed by atoms with E-state index in [0.717, 1.165) is 70.3 Å². The van der Waals surface area contributed by atoms with Gasteiger partial charge in [0, 0.05) is 48.9 Å². The van der Waals surface area contributed by atoms with Gasteiger partial charge in [0.2, 0.25) is 11.8 Å². The third-order valence-electron chi connectivity index (χ3n) is 14.6. The average Bonchev–Trinajstić information content (AvgIpc) is 1.87. The van der Waals surface area contributed by atoms with Crippen LogP contribution in [-0.4, -0.2) is 161 Å². The quantitative estimate of drug-likeness (QED) is 0.0275. The van der Waals surface area contributed by atoms with E-state index in [0.29, 0.717) is 43.2 Å². The summed E-state index contributed by atoms with van der Waals surface area (Å²) < 4.78 is 15.0. The van der Waals surface area contributed by atoms with Crippen molar-refractivity contribution in [3.8, 4) is 0 Å². The van der Waals surface area contributed by atoms with Crippen LogP contribution >= 0.6 is 0 Å². The first-order chi connectivity index (χ1) is 43.0. The summed E-state index contributed by atoms with van der Waals surface area (Å²) in [4.78, 5) is 102. The molecule has 3 aromatic rings. The van der Waals surface area contributed by atoms with Crippen LogP contribution in [0.1, 0.15) is 189 Å². The number of carboxylic acid groups (broad SMARTS) is 1. The van der Waals surface area contributed by atoms with Gasteiger partial charge in [0.25, 0.3) is 0 Å². The van der Waals surface area contributed by atoms with Gasteiger partial charge in [-0.3, -0.25) is 29.7 Å². The van der Waals surface area contributed by atoms with E-state index in [1.54, 1.807) is 24.3 Å². The number of hydrogen-bond donors (Lipinski definition) is 7. The molecular weight excluding hydrogens is 1170 g/mol. The van der Waals surface area contributed by atoms with Gasteiger partial charge in [-0.1, -0.05) is 110 Å². The van der Waals surface area contributed by atoms with Gasteiger partial charge < -0.3 is 50.2 Å². The molecule has 4 fully saturated rings. The number of benzene rings is 3. The fraction of sp³-hybridized carbons (Fsp3) is 0.603. The van der Waals surface area contributed by atoms with Gasteiger partial charge in [0.05, 0.1) is 23.8 Å². The molecule has 8 rings (SSSR count). The minimum absolute atomic E-state index is 0.0296. The molecule has 4 saturated heterocycles. The second-order valence-electron chi connectivity index (χ2n) is 25.5. The van der Waals surface area contributed by atoms with Crippen molar-refractivity contribution in [1.29, 1.82) is 0 Å². The summed E-state index contributed by atoms with van der Waals surface area (Å²) >= 11 is 0. The molecule has 0 aromatic heterocycles. The molecule has 5 aliphatic heterocycles. The number of amides is 2. The maximum atomic E-state index is 12.6. The van der Waals surface area contributed by atoms with E-state index in [1.165, 1.54) is 17.1 Å². The number of hydrazine groups is 2. The predicted octanol–water partition coefficient (Wildman–Crippen LogP) is 10.1. The lowest BCUT2D eigenvalue weighted by Crippen LogP contribution is -2.62. The second-order valence-corrected chi connectivity index (χ2v) is 25.5. The van der Waals surface area contributed by atoms with Crippen molar-refractivity contribution >= 4 is 66.6 Å². The number of cyclic esters (lactones) is 2. The van der Waals surface area contributed by atoms with Crippen LogP contribution in [-0.2, 0) is 52.7 Å². The maximum Gasteiger partial charge on any atom is 0.346 e. The van der Waals surface area contributed by atoms with Crippen molar-refractivity contribution in [1.82, 2.24) is 31.1 Å². The Morgan fingerprint density at radius 3 is 1.67 bits per heavy atom. The number of ether oxygens (including phenoxy) is 3. The molecule has 3 aromatic carbocycles. The van der Waals surface area contributed by atoms with Gasteiger partial charge in [0.15, 0.2) is 0 Å². The number of hydrogen-bond acceptors (Lipinski definition) is 20. The number of anilines is 2. The third-order valence-corrected chi connectivity index (χ3v) is 14.6. The first-order valence-corrected chi connectivity index (χ1v) is 31.6. The smallest absolute Gasteiger partial charge is 0.346 e. The Balaban J connectivity index is 0.000000547. The zero-order valence-electron chi connectivity index (χ0n) is 56.8. The lowest BCUT2D eigenvalue weighted by atomic mass is 9.82. The highest BCUT2D eigenvalue weighted by Gasteiger charge is 2.45. The molecule has 0 saturated carbocycles. The Bertz CT molecular complexity index is 2590. The summed E-state index contributed by atoms with van der Waals surface area (Å²) in [5.74, 6) is -2.40. The van der Waals surface area contributed by atoms with E-state index in [4.69, 9.17) is 29.1 Å². The highest BCUT2D eigenvalue weighted by molar-refractivity contribution is 6.14. The van der Waals surface area contributed by atoms with Crippen molar-refractivity contribution < 1.29 is 72.6 Å². The normalized spacial score (nSPS) is 19.9.